The minimum absolute atomic E-state index is 0.280. The summed E-state index contributed by atoms with van der Waals surface area (Å²) >= 11 is 0. The van der Waals surface area contributed by atoms with Crippen molar-refractivity contribution in [1.82, 2.24) is 5.32 Å². The average molecular weight is 362 g/mol. The molecule has 0 aromatic heterocycles. The summed E-state index contributed by atoms with van der Waals surface area (Å²) in [5.41, 5.74) is 0. The Bertz CT molecular complexity index is 380. The maximum Gasteiger partial charge on any atom is 0.220 e. The first kappa shape index (κ1) is 23.0. The quantitative estimate of drug-likeness (QED) is 0.241. The number of allylic oxidation sites excluding steroid dienone is 4. The molecule has 0 spiro atoms. The van der Waals surface area contributed by atoms with Gasteiger partial charge < -0.3 is 5.32 Å². The number of carbonyl (C=O) groups excluding carboxylic acids is 1. The fraction of sp³-hybridized carbons (Fsp3) is 0.792. The van der Waals surface area contributed by atoms with Crippen molar-refractivity contribution >= 4 is 5.91 Å². The molecule has 0 aromatic rings. The Kier molecular flexibility index (Phi) is 15.4. The van der Waals surface area contributed by atoms with Crippen LogP contribution in [0.25, 0.3) is 0 Å². The van der Waals surface area contributed by atoms with Gasteiger partial charge in [0, 0.05) is 12.5 Å². The molecule has 0 atom stereocenters. The second kappa shape index (κ2) is 17.4. The average Bonchev–Trinajstić information content (AvgIpc) is 2.65. The molecule has 2 nitrogen and oxygen atoms in total. The molecule has 0 unspecified atom stereocenters. The minimum Gasteiger partial charge on any atom is -0.353 e. The molecule has 0 aromatic carbocycles. The van der Waals surface area contributed by atoms with Crippen LogP contribution in [0.3, 0.4) is 0 Å². The zero-order valence-electron chi connectivity index (χ0n) is 17.3. The van der Waals surface area contributed by atoms with Crippen LogP contribution < -0.4 is 5.32 Å². The van der Waals surface area contributed by atoms with Gasteiger partial charge in [0.25, 0.3) is 0 Å². The highest BCUT2D eigenvalue weighted by Crippen LogP contribution is 2.17. The predicted molar refractivity (Wildman–Crippen MR) is 114 cm³/mol. The Labute approximate surface area is 162 Å². The van der Waals surface area contributed by atoms with E-state index in [0.717, 1.165) is 19.3 Å². The zero-order valence-corrected chi connectivity index (χ0v) is 17.3. The molecule has 1 aliphatic carbocycles. The number of hydrogen-bond acceptors (Lipinski definition) is 1. The molecule has 0 heterocycles. The van der Waals surface area contributed by atoms with Crippen LogP contribution in [0.15, 0.2) is 24.3 Å². The van der Waals surface area contributed by atoms with Crippen LogP contribution in [-0.4, -0.2) is 11.9 Å². The van der Waals surface area contributed by atoms with E-state index in [0.29, 0.717) is 6.04 Å². The van der Waals surface area contributed by atoms with Crippen LogP contribution in [0.1, 0.15) is 116 Å². The van der Waals surface area contributed by atoms with Crippen molar-refractivity contribution in [1.29, 1.82) is 0 Å². The lowest BCUT2D eigenvalue weighted by molar-refractivity contribution is -0.122. The lowest BCUT2D eigenvalue weighted by atomic mass is 9.95. The monoisotopic (exact) mass is 361 g/mol. The highest BCUT2D eigenvalue weighted by atomic mass is 16.1. The van der Waals surface area contributed by atoms with Crippen LogP contribution in [0.2, 0.25) is 0 Å². The topological polar surface area (TPSA) is 29.1 Å². The first-order valence-corrected chi connectivity index (χ1v) is 11.4. The molecule has 1 fully saturated rings. The molecule has 26 heavy (non-hydrogen) atoms. The molecule has 1 amide bonds. The van der Waals surface area contributed by atoms with E-state index >= 15 is 0 Å². The molecule has 1 rings (SSSR count). The summed E-state index contributed by atoms with van der Waals surface area (Å²) in [4.78, 5) is 11.9. The molecule has 1 aliphatic rings. The van der Waals surface area contributed by atoms with Crippen LogP contribution in [0.4, 0.5) is 0 Å². The van der Waals surface area contributed by atoms with Crippen LogP contribution in [0, 0.1) is 0 Å². The van der Waals surface area contributed by atoms with Crippen molar-refractivity contribution in [2.24, 2.45) is 0 Å². The first-order valence-electron chi connectivity index (χ1n) is 11.4. The Balaban J connectivity index is 1.82. The fourth-order valence-electron chi connectivity index (χ4n) is 3.64. The van der Waals surface area contributed by atoms with Gasteiger partial charge in [-0.1, -0.05) is 82.6 Å². The highest BCUT2D eigenvalue weighted by molar-refractivity contribution is 5.76. The largest absolute Gasteiger partial charge is 0.353 e. The molecule has 2 heteroatoms. The summed E-state index contributed by atoms with van der Waals surface area (Å²) in [7, 11) is 0. The number of rotatable bonds is 15. The number of nitrogens with one attached hydrogen (secondary N) is 1. The van der Waals surface area contributed by atoms with Crippen molar-refractivity contribution in [3.05, 3.63) is 24.3 Å². The normalized spacial score (nSPS) is 15.9. The molecule has 1 saturated carbocycles. The summed E-state index contributed by atoms with van der Waals surface area (Å²) < 4.78 is 0. The van der Waals surface area contributed by atoms with Gasteiger partial charge in [0.15, 0.2) is 0 Å². The number of carbonyl (C=O) groups is 1. The highest BCUT2D eigenvalue weighted by Gasteiger charge is 2.14. The molecule has 0 aliphatic heterocycles. The van der Waals surface area contributed by atoms with Gasteiger partial charge in [-0.25, -0.2) is 0 Å². The van der Waals surface area contributed by atoms with Gasteiger partial charge in [-0.15, -0.1) is 0 Å². The third kappa shape index (κ3) is 14.2. The van der Waals surface area contributed by atoms with Crippen LogP contribution >= 0.6 is 0 Å². The van der Waals surface area contributed by atoms with Gasteiger partial charge in [0.2, 0.25) is 5.91 Å². The molecule has 0 radical (unpaired) electrons. The molecule has 0 bridgehead atoms. The summed E-state index contributed by atoms with van der Waals surface area (Å²) in [6, 6.07) is 0.467. The van der Waals surface area contributed by atoms with Gasteiger partial charge in [-0.2, -0.15) is 0 Å². The molecular weight excluding hydrogens is 318 g/mol. The Morgan fingerprint density at radius 3 is 2.12 bits per heavy atom. The van der Waals surface area contributed by atoms with Crippen LogP contribution in [0.5, 0.6) is 0 Å². The van der Waals surface area contributed by atoms with Gasteiger partial charge in [0.05, 0.1) is 0 Å². The molecule has 0 saturated heterocycles. The van der Waals surface area contributed by atoms with E-state index in [4.69, 9.17) is 0 Å². The van der Waals surface area contributed by atoms with Crippen molar-refractivity contribution < 1.29 is 4.79 Å². The first-order chi connectivity index (χ1) is 12.8. The van der Waals surface area contributed by atoms with Crippen molar-refractivity contribution in [3.63, 3.8) is 0 Å². The summed E-state index contributed by atoms with van der Waals surface area (Å²) in [5.74, 6) is 0.280. The van der Waals surface area contributed by atoms with Crippen LogP contribution in [-0.2, 0) is 4.79 Å². The molecule has 150 valence electrons. The lowest BCUT2D eigenvalue weighted by Gasteiger charge is -2.22. The predicted octanol–water partition coefficient (Wildman–Crippen LogP) is 7.25. The van der Waals surface area contributed by atoms with E-state index in [1.807, 2.05) is 0 Å². The van der Waals surface area contributed by atoms with Crippen molar-refractivity contribution in [2.45, 2.75) is 122 Å². The zero-order chi connectivity index (χ0) is 18.7. The standard InChI is InChI=1S/C24H43NO/c1-2-3-4-5-6-7-8-9-10-11-12-13-14-15-19-22-24(26)25-23-20-17-16-18-21-23/h6-7,9-10,23H,2-5,8,11-22H2,1H3,(H,25,26)/b7-6+,10-9+. The Hall–Kier alpha value is -1.05. The maximum absolute atomic E-state index is 11.9. The number of amides is 1. The van der Waals surface area contributed by atoms with Crippen molar-refractivity contribution in [2.75, 3.05) is 0 Å². The molecule has 1 N–H and O–H groups in total. The second-order valence-electron chi connectivity index (χ2n) is 7.88. The van der Waals surface area contributed by atoms with E-state index in [1.54, 1.807) is 0 Å². The Morgan fingerprint density at radius 2 is 1.42 bits per heavy atom. The molecular formula is C24H43NO. The second-order valence-corrected chi connectivity index (χ2v) is 7.88. The van der Waals surface area contributed by atoms with Gasteiger partial charge in [-0.05, 0) is 51.4 Å². The van der Waals surface area contributed by atoms with Crippen molar-refractivity contribution in [3.8, 4) is 0 Å². The Morgan fingerprint density at radius 1 is 0.808 bits per heavy atom. The van der Waals surface area contributed by atoms with Gasteiger partial charge >= 0.3 is 0 Å². The van der Waals surface area contributed by atoms with E-state index in [-0.39, 0.29) is 5.91 Å². The van der Waals surface area contributed by atoms with E-state index in [9.17, 15) is 4.79 Å². The number of hydrogen-bond donors (Lipinski definition) is 1. The third-order valence-corrected chi connectivity index (χ3v) is 5.32. The van der Waals surface area contributed by atoms with E-state index < -0.39 is 0 Å². The summed E-state index contributed by atoms with van der Waals surface area (Å²) in [5, 5.41) is 3.21. The third-order valence-electron chi connectivity index (χ3n) is 5.32. The smallest absolute Gasteiger partial charge is 0.220 e. The minimum atomic E-state index is 0.280. The fourth-order valence-corrected chi connectivity index (χ4v) is 3.64. The number of unbranched alkanes of at least 4 members (excludes halogenated alkanes) is 8. The summed E-state index contributed by atoms with van der Waals surface area (Å²) in [6.45, 7) is 2.25. The summed E-state index contributed by atoms with van der Waals surface area (Å²) in [6.07, 6.45) is 29.9. The SMILES string of the molecule is CCCCC/C=C/C/C=C/CCCCCCCC(=O)NC1CCCCC1. The lowest BCUT2D eigenvalue weighted by Crippen LogP contribution is -2.35. The maximum atomic E-state index is 11.9. The van der Waals surface area contributed by atoms with Gasteiger partial charge in [-0.3, -0.25) is 4.79 Å². The van der Waals surface area contributed by atoms with E-state index in [1.165, 1.54) is 89.9 Å². The van der Waals surface area contributed by atoms with Gasteiger partial charge in [0.1, 0.15) is 0 Å². The van der Waals surface area contributed by atoms with E-state index in [2.05, 4.69) is 36.5 Å².